The second-order valence-corrected chi connectivity index (χ2v) is 9.60. The number of nitrogens with one attached hydrogen (secondary N) is 1. The van der Waals surface area contributed by atoms with Crippen molar-refractivity contribution >= 4 is 22.5 Å². The lowest BCUT2D eigenvalue weighted by Crippen LogP contribution is -2.36. The predicted octanol–water partition coefficient (Wildman–Crippen LogP) is 4.65. The van der Waals surface area contributed by atoms with Gasteiger partial charge >= 0.3 is 0 Å². The molecule has 1 aliphatic heterocycles. The second-order valence-electron chi connectivity index (χ2n) is 9.60. The van der Waals surface area contributed by atoms with E-state index in [0.717, 1.165) is 61.6 Å². The number of likely N-dealkylation sites (tertiary alicyclic amines) is 1. The fourth-order valence-corrected chi connectivity index (χ4v) is 5.29. The predicted molar refractivity (Wildman–Crippen MR) is 137 cm³/mol. The third kappa shape index (κ3) is 3.88. The molecule has 1 N–H and O–H groups in total. The quantitative estimate of drug-likeness (QED) is 0.480. The Bertz CT molecular complexity index is 1360. The highest BCUT2D eigenvalue weighted by Crippen LogP contribution is 2.40. The van der Waals surface area contributed by atoms with Crippen LogP contribution in [-0.2, 0) is 12.8 Å². The van der Waals surface area contributed by atoms with Gasteiger partial charge in [0.05, 0.1) is 11.4 Å². The van der Waals surface area contributed by atoms with Gasteiger partial charge in [0.2, 0.25) is 5.65 Å². The van der Waals surface area contributed by atoms with Gasteiger partial charge in [0.15, 0.2) is 5.82 Å². The van der Waals surface area contributed by atoms with E-state index < -0.39 is 0 Å². The van der Waals surface area contributed by atoms with Gasteiger partial charge in [-0.3, -0.25) is 0 Å². The van der Waals surface area contributed by atoms with Gasteiger partial charge in [0.25, 0.3) is 0 Å². The van der Waals surface area contributed by atoms with Crippen LogP contribution in [0.4, 0.5) is 5.69 Å². The minimum absolute atomic E-state index is 0.436. The van der Waals surface area contributed by atoms with Gasteiger partial charge in [-0.2, -0.15) is 9.61 Å². The number of nitrogens with zero attached hydrogens (tertiary/aromatic N) is 5. The lowest BCUT2D eigenvalue weighted by Gasteiger charge is -2.30. The van der Waals surface area contributed by atoms with E-state index in [1.165, 1.54) is 27.8 Å². The number of fused-ring (bicyclic) bond motifs is 2. The van der Waals surface area contributed by atoms with Gasteiger partial charge in [-0.15, -0.1) is 10.2 Å². The van der Waals surface area contributed by atoms with Gasteiger partial charge in [-0.1, -0.05) is 54.6 Å². The van der Waals surface area contributed by atoms with Crippen LogP contribution in [0.15, 0.2) is 60.7 Å². The summed E-state index contributed by atoms with van der Waals surface area (Å²) < 4.78 is 1.91. The number of allylic oxidation sites excluding steroid dienone is 2. The number of aromatic nitrogens is 4. The molecule has 0 unspecified atom stereocenters. The molecular weight excluding hydrogens is 420 g/mol. The van der Waals surface area contributed by atoms with Gasteiger partial charge in [0, 0.05) is 12.5 Å². The molecule has 6 heteroatoms. The van der Waals surface area contributed by atoms with E-state index in [0.29, 0.717) is 6.04 Å². The summed E-state index contributed by atoms with van der Waals surface area (Å²) >= 11 is 0. The van der Waals surface area contributed by atoms with Crippen LogP contribution in [0.3, 0.4) is 0 Å². The Morgan fingerprint density at radius 2 is 1.74 bits per heavy atom. The van der Waals surface area contributed by atoms with Crippen LogP contribution in [0.2, 0.25) is 0 Å². The van der Waals surface area contributed by atoms with Crippen molar-refractivity contribution < 1.29 is 0 Å². The summed E-state index contributed by atoms with van der Waals surface area (Å²) in [7, 11) is 2.19. The topological polar surface area (TPSA) is 58.4 Å². The fourth-order valence-electron chi connectivity index (χ4n) is 5.29. The largest absolute Gasteiger partial charge is 0.379 e. The first-order valence-electron chi connectivity index (χ1n) is 12.2. The molecule has 4 aromatic rings. The third-order valence-electron chi connectivity index (χ3n) is 7.21. The number of anilines is 1. The molecule has 172 valence electrons. The molecule has 2 aromatic carbocycles. The number of hydrogen-bond acceptors (Lipinski definition) is 5. The highest BCUT2D eigenvalue weighted by molar-refractivity contribution is 5.97. The Morgan fingerprint density at radius 1 is 0.971 bits per heavy atom. The molecule has 0 bridgehead atoms. The lowest BCUT2D eigenvalue weighted by molar-refractivity contribution is 0.264. The lowest BCUT2D eigenvalue weighted by atomic mass is 9.96. The normalized spacial score (nSPS) is 16.9. The van der Waals surface area contributed by atoms with Crippen LogP contribution < -0.4 is 5.32 Å². The van der Waals surface area contributed by atoms with Crippen molar-refractivity contribution in [2.45, 2.75) is 38.6 Å². The molecular formula is C28H30N6. The van der Waals surface area contributed by atoms with E-state index in [9.17, 15) is 0 Å². The molecule has 2 aliphatic rings. The number of hydrogen-bond donors (Lipinski definition) is 1. The molecule has 3 heterocycles. The minimum atomic E-state index is 0.436. The summed E-state index contributed by atoms with van der Waals surface area (Å²) in [6.45, 7) is 4.19. The van der Waals surface area contributed by atoms with Gasteiger partial charge in [0.1, 0.15) is 0 Å². The molecule has 0 amide bonds. The zero-order valence-electron chi connectivity index (χ0n) is 19.8. The average Bonchev–Trinajstić information content (AvgIpc) is 3.42. The zero-order valence-corrected chi connectivity index (χ0v) is 19.8. The van der Waals surface area contributed by atoms with Crippen molar-refractivity contribution in [3.8, 4) is 0 Å². The number of rotatable bonds is 5. The van der Waals surface area contributed by atoms with Crippen LogP contribution in [0.1, 0.15) is 41.1 Å². The smallest absolute Gasteiger partial charge is 0.200 e. The highest BCUT2D eigenvalue weighted by atomic mass is 15.4. The Morgan fingerprint density at radius 3 is 2.56 bits per heavy atom. The molecule has 1 saturated heterocycles. The van der Waals surface area contributed by atoms with Crippen LogP contribution in [0.5, 0.6) is 0 Å². The Balaban J connectivity index is 1.45. The first-order chi connectivity index (χ1) is 16.7. The molecule has 1 fully saturated rings. The summed E-state index contributed by atoms with van der Waals surface area (Å²) in [5.41, 5.74) is 9.54. The SMILES string of the molecule is Cc1nnc2c(NC3CCN(C)CC3)cc(C3=C(Cc4ccccc4)c4ccccc4C3)nn12. The Kier molecular flexibility index (Phi) is 5.38. The van der Waals surface area contributed by atoms with E-state index in [1.807, 2.05) is 11.4 Å². The van der Waals surface area contributed by atoms with Crippen LogP contribution in [0, 0.1) is 6.92 Å². The molecule has 6 rings (SSSR count). The van der Waals surface area contributed by atoms with Crippen molar-refractivity contribution in [2.75, 3.05) is 25.5 Å². The van der Waals surface area contributed by atoms with E-state index in [4.69, 9.17) is 5.10 Å². The van der Waals surface area contributed by atoms with Crippen molar-refractivity contribution in [2.24, 2.45) is 0 Å². The first kappa shape index (κ1) is 21.1. The first-order valence-corrected chi connectivity index (χ1v) is 12.2. The van der Waals surface area contributed by atoms with Crippen molar-refractivity contribution in [1.29, 1.82) is 0 Å². The zero-order chi connectivity index (χ0) is 23.1. The van der Waals surface area contributed by atoms with Gasteiger partial charge in [-0.25, -0.2) is 0 Å². The number of piperidine rings is 1. The van der Waals surface area contributed by atoms with E-state index in [1.54, 1.807) is 0 Å². The molecule has 1 aliphatic carbocycles. The number of aryl methyl sites for hydroxylation is 1. The maximum Gasteiger partial charge on any atom is 0.200 e. The molecule has 0 atom stereocenters. The van der Waals surface area contributed by atoms with Crippen LogP contribution >= 0.6 is 0 Å². The summed E-state index contributed by atoms with van der Waals surface area (Å²) in [5.74, 6) is 0.809. The monoisotopic (exact) mass is 450 g/mol. The average molecular weight is 451 g/mol. The molecule has 6 nitrogen and oxygen atoms in total. The minimum Gasteiger partial charge on any atom is -0.379 e. The third-order valence-corrected chi connectivity index (χ3v) is 7.21. The van der Waals surface area contributed by atoms with Crippen LogP contribution in [0.25, 0.3) is 16.8 Å². The molecule has 0 saturated carbocycles. The molecule has 0 spiro atoms. The van der Waals surface area contributed by atoms with Gasteiger partial charge in [-0.05, 0) is 80.2 Å². The summed E-state index contributed by atoms with van der Waals surface area (Å²) in [5, 5.41) is 17.6. The highest BCUT2D eigenvalue weighted by Gasteiger charge is 2.26. The van der Waals surface area contributed by atoms with E-state index in [2.05, 4.69) is 88.1 Å². The summed E-state index contributed by atoms with van der Waals surface area (Å²) in [4.78, 5) is 2.39. The number of benzene rings is 2. The van der Waals surface area contributed by atoms with Crippen molar-refractivity contribution in [3.63, 3.8) is 0 Å². The van der Waals surface area contributed by atoms with Gasteiger partial charge < -0.3 is 10.2 Å². The second kappa shape index (κ2) is 8.69. The maximum absolute atomic E-state index is 5.04. The van der Waals surface area contributed by atoms with E-state index >= 15 is 0 Å². The summed E-state index contributed by atoms with van der Waals surface area (Å²) in [6.07, 6.45) is 4.04. The maximum atomic E-state index is 5.04. The standard InChI is InChI=1S/C28H30N6/c1-19-30-31-28-27(29-22-12-14-33(2)15-13-22)18-26(32-34(19)28)25-17-21-10-6-7-11-23(21)24(25)16-20-8-4-3-5-9-20/h3-11,18,22,29H,12-17H2,1-2H3. The van der Waals surface area contributed by atoms with Crippen molar-refractivity contribution in [1.82, 2.24) is 24.7 Å². The van der Waals surface area contributed by atoms with Crippen molar-refractivity contribution in [3.05, 3.63) is 88.9 Å². The molecule has 2 aromatic heterocycles. The molecule has 0 radical (unpaired) electrons. The Labute approximate surface area is 200 Å². The van der Waals surface area contributed by atoms with E-state index in [-0.39, 0.29) is 0 Å². The van der Waals surface area contributed by atoms with Crippen LogP contribution in [-0.4, -0.2) is 50.9 Å². The molecule has 34 heavy (non-hydrogen) atoms. The fraction of sp³-hybridized carbons (Fsp3) is 0.321. The summed E-state index contributed by atoms with van der Waals surface area (Å²) in [6, 6.07) is 22.1. The Hall–Kier alpha value is -3.51.